The van der Waals surface area contributed by atoms with Crippen LogP contribution in [0.15, 0.2) is 54.6 Å². The van der Waals surface area contributed by atoms with Crippen molar-refractivity contribution in [2.24, 2.45) is 0 Å². The molecule has 1 atom stereocenters. The molecule has 0 saturated carbocycles. The summed E-state index contributed by atoms with van der Waals surface area (Å²) in [6, 6.07) is 17.1. The van der Waals surface area contributed by atoms with Gasteiger partial charge >= 0.3 is 0 Å². The molecule has 0 heterocycles. The molecule has 0 saturated heterocycles. The second kappa shape index (κ2) is 8.93. The van der Waals surface area contributed by atoms with E-state index in [2.05, 4.69) is 10.2 Å². The van der Waals surface area contributed by atoms with Gasteiger partial charge in [0.05, 0.1) is 6.61 Å². The molecular weight excluding hydrogens is 304 g/mol. The molecule has 128 valence electrons. The number of ether oxygens (including phenoxy) is 1. The predicted molar refractivity (Wildman–Crippen MR) is 95.2 cm³/mol. The average molecular weight is 328 g/mol. The van der Waals surface area contributed by atoms with Crippen LogP contribution in [0.1, 0.15) is 12.5 Å². The summed E-state index contributed by atoms with van der Waals surface area (Å²) < 4.78 is 5.62. The lowest BCUT2D eigenvalue weighted by molar-refractivity contribution is -0.127. The fourth-order valence-electron chi connectivity index (χ4n) is 2.28. The summed E-state index contributed by atoms with van der Waals surface area (Å²) in [5, 5.41) is 12.0. The highest BCUT2D eigenvalue weighted by atomic mass is 16.5. The van der Waals surface area contributed by atoms with Crippen LogP contribution in [0.5, 0.6) is 5.75 Å². The van der Waals surface area contributed by atoms with E-state index in [4.69, 9.17) is 9.84 Å². The molecule has 0 spiro atoms. The summed E-state index contributed by atoms with van der Waals surface area (Å²) in [6.45, 7) is 2.91. The molecule has 0 aliphatic heterocycles. The molecule has 5 nitrogen and oxygen atoms in total. The lowest BCUT2D eigenvalue weighted by atomic mass is 10.2. The molecule has 0 aliphatic carbocycles. The number of rotatable bonds is 8. The van der Waals surface area contributed by atoms with Crippen molar-refractivity contribution >= 4 is 11.6 Å². The maximum absolute atomic E-state index is 12.1. The van der Waals surface area contributed by atoms with Gasteiger partial charge in [0.15, 0.2) is 6.10 Å². The Labute approximate surface area is 142 Å². The Bertz CT molecular complexity index is 646. The highest BCUT2D eigenvalue weighted by molar-refractivity contribution is 5.80. The van der Waals surface area contributed by atoms with Crippen LogP contribution in [-0.2, 0) is 11.4 Å². The van der Waals surface area contributed by atoms with Gasteiger partial charge in [0.1, 0.15) is 5.75 Å². The topological polar surface area (TPSA) is 61.8 Å². The number of amides is 1. The van der Waals surface area contributed by atoms with Crippen molar-refractivity contribution in [1.82, 2.24) is 5.32 Å². The number of hydrogen-bond acceptors (Lipinski definition) is 4. The minimum absolute atomic E-state index is 0.0520. The SMILES string of the molecule is CC(Oc1cccc(CO)c1)C(=O)NCCN(C)c1ccccc1. The van der Waals surface area contributed by atoms with Gasteiger partial charge in [-0.3, -0.25) is 4.79 Å². The van der Waals surface area contributed by atoms with E-state index in [0.29, 0.717) is 18.8 Å². The van der Waals surface area contributed by atoms with E-state index in [9.17, 15) is 4.79 Å². The number of benzene rings is 2. The molecule has 0 aliphatic rings. The molecular formula is C19H24N2O3. The molecule has 24 heavy (non-hydrogen) atoms. The van der Waals surface area contributed by atoms with Crippen LogP contribution in [0.4, 0.5) is 5.69 Å². The maximum Gasteiger partial charge on any atom is 0.260 e. The Morgan fingerprint density at radius 3 is 2.67 bits per heavy atom. The van der Waals surface area contributed by atoms with Crippen LogP contribution in [0.25, 0.3) is 0 Å². The molecule has 1 amide bonds. The number of para-hydroxylation sites is 1. The molecule has 0 fully saturated rings. The van der Waals surface area contributed by atoms with Crippen LogP contribution < -0.4 is 15.0 Å². The summed E-state index contributed by atoms with van der Waals surface area (Å²) in [4.78, 5) is 14.2. The first-order chi connectivity index (χ1) is 11.6. The fraction of sp³-hybridized carbons (Fsp3) is 0.316. The van der Waals surface area contributed by atoms with E-state index in [-0.39, 0.29) is 12.5 Å². The summed E-state index contributed by atoms with van der Waals surface area (Å²) in [5.74, 6) is 0.413. The number of likely N-dealkylation sites (N-methyl/N-ethyl adjacent to an activating group) is 1. The van der Waals surface area contributed by atoms with Crippen LogP contribution in [0, 0.1) is 0 Å². The van der Waals surface area contributed by atoms with Crippen molar-refractivity contribution in [1.29, 1.82) is 0 Å². The van der Waals surface area contributed by atoms with Gasteiger partial charge in [0, 0.05) is 25.8 Å². The van der Waals surface area contributed by atoms with Crippen LogP contribution in [-0.4, -0.2) is 37.3 Å². The van der Waals surface area contributed by atoms with Gasteiger partial charge in [-0.2, -0.15) is 0 Å². The Morgan fingerprint density at radius 1 is 1.21 bits per heavy atom. The minimum Gasteiger partial charge on any atom is -0.481 e. The molecule has 0 aromatic heterocycles. The number of carbonyl (C=O) groups is 1. The third kappa shape index (κ3) is 5.28. The summed E-state index contributed by atoms with van der Waals surface area (Å²) in [6.07, 6.45) is -0.596. The van der Waals surface area contributed by atoms with Crippen molar-refractivity contribution in [2.75, 3.05) is 25.0 Å². The van der Waals surface area contributed by atoms with Crippen molar-refractivity contribution < 1.29 is 14.6 Å². The molecule has 2 aromatic carbocycles. The van der Waals surface area contributed by atoms with E-state index in [1.165, 1.54) is 0 Å². The monoisotopic (exact) mass is 328 g/mol. The van der Waals surface area contributed by atoms with E-state index in [1.54, 1.807) is 31.2 Å². The predicted octanol–water partition coefficient (Wildman–Crippen LogP) is 2.20. The first kappa shape index (κ1) is 17.8. The van der Waals surface area contributed by atoms with Crippen molar-refractivity contribution in [3.05, 3.63) is 60.2 Å². The third-order valence-corrected chi connectivity index (χ3v) is 3.71. The van der Waals surface area contributed by atoms with E-state index in [0.717, 1.165) is 11.3 Å². The zero-order chi connectivity index (χ0) is 17.4. The van der Waals surface area contributed by atoms with Crippen LogP contribution in [0.3, 0.4) is 0 Å². The molecule has 0 radical (unpaired) electrons. The Kier molecular flexibility index (Phi) is 6.63. The van der Waals surface area contributed by atoms with Crippen LogP contribution in [0.2, 0.25) is 0 Å². The van der Waals surface area contributed by atoms with Gasteiger partial charge in [-0.15, -0.1) is 0 Å². The zero-order valence-corrected chi connectivity index (χ0v) is 14.1. The standard InChI is InChI=1S/C19H24N2O3/c1-15(24-18-10-6-7-16(13-18)14-22)19(23)20-11-12-21(2)17-8-4-3-5-9-17/h3-10,13,15,22H,11-12,14H2,1-2H3,(H,20,23). The van der Waals surface area contributed by atoms with Gasteiger partial charge in [0.2, 0.25) is 0 Å². The first-order valence-electron chi connectivity index (χ1n) is 8.00. The lowest BCUT2D eigenvalue weighted by Gasteiger charge is -2.20. The normalized spacial score (nSPS) is 11.6. The number of aliphatic hydroxyl groups excluding tert-OH is 1. The van der Waals surface area contributed by atoms with Crippen molar-refractivity contribution in [3.8, 4) is 5.75 Å². The van der Waals surface area contributed by atoms with Gasteiger partial charge in [-0.25, -0.2) is 0 Å². The van der Waals surface area contributed by atoms with E-state index in [1.807, 2.05) is 37.4 Å². The molecule has 2 rings (SSSR count). The highest BCUT2D eigenvalue weighted by Crippen LogP contribution is 2.15. The first-order valence-corrected chi connectivity index (χ1v) is 8.00. The zero-order valence-electron chi connectivity index (χ0n) is 14.1. The number of carbonyl (C=O) groups excluding carboxylic acids is 1. The average Bonchev–Trinajstić information content (AvgIpc) is 2.62. The van der Waals surface area contributed by atoms with Crippen molar-refractivity contribution in [2.45, 2.75) is 19.6 Å². The third-order valence-electron chi connectivity index (χ3n) is 3.71. The largest absolute Gasteiger partial charge is 0.481 e. The van der Waals surface area contributed by atoms with Gasteiger partial charge in [-0.05, 0) is 36.8 Å². The minimum atomic E-state index is -0.596. The lowest BCUT2D eigenvalue weighted by Crippen LogP contribution is -2.40. The van der Waals surface area contributed by atoms with Crippen LogP contribution >= 0.6 is 0 Å². The quantitative estimate of drug-likeness (QED) is 0.780. The molecule has 2 N–H and O–H groups in total. The number of aliphatic hydroxyl groups is 1. The molecule has 1 unspecified atom stereocenters. The second-order valence-corrected chi connectivity index (χ2v) is 5.61. The Balaban J connectivity index is 1.77. The summed E-state index contributed by atoms with van der Waals surface area (Å²) >= 11 is 0. The molecule has 0 bridgehead atoms. The number of anilines is 1. The highest BCUT2D eigenvalue weighted by Gasteiger charge is 2.14. The van der Waals surface area contributed by atoms with Gasteiger partial charge in [0.25, 0.3) is 5.91 Å². The summed E-state index contributed by atoms with van der Waals surface area (Å²) in [7, 11) is 1.99. The number of hydrogen-bond donors (Lipinski definition) is 2. The van der Waals surface area contributed by atoms with E-state index >= 15 is 0 Å². The fourth-order valence-corrected chi connectivity index (χ4v) is 2.28. The van der Waals surface area contributed by atoms with Gasteiger partial charge in [-0.1, -0.05) is 30.3 Å². The molecule has 5 heteroatoms. The van der Waals surface area contributed by atoms with Crippen molar-refractivity contribution in [3.63, 3.8) is 0 Å². The van der Waals surface area contributed by atoms with Gasteiger partial charge < -0.3 is 20.1 Å². The Hall–Kier alpha value is -2.53. The number of nitrogens with zero attached hydrogens (tertiary/aromatic N) is 1. The Morgan fingerprint density at radius 2 is 1.96 bits per heavy atom. The molecule has 2 aromatic rings. The number of nitrogens with one attached hydrogen (secondary N) is 1. The smallest absolute Gasteiger partial charge is 0.260 e. The second-order valence-electron chi connectivity index (χ2n) is 5.61. The van der Waals surface area contributed by atoms with E-state index < -0.39 is 6.10 Å². The summed E-state index contributed by atoms with van der Waals surface area (Å²) in [5.41, 5.74) is 1.86. The maximum atomic E-state index is 12.1.